The van der Waals surface area contributed by atoms with Gasteiger partial charge in [0.25, 0.3) is 0 Å². The topological polar surface area (TPSA) is 26.0 Å². The molecule has 6 aromatic rings. The Morgan fingerprint density at radius 3 is 1.06 bits per heavy atom. The van der Waals surface area contributed by atoms with Crippen molar-refractivity contribution in [3.8, 4) is 5.88 Å². The molecule has 0 bridgehead atoms. The number of hydrogen-bond acceptors (Lipinski definition) is 2. The molecule has 0 amide bonds. The predicted octanol–water partition coefficient (Wildman–Crippen LogP) is 8.97. The van der Waals surface area contributed by atoms with Crippen molar-refractivity contribution in [1.82, 2.24) is 4.98 Å². The lowest BCUT2D eigenvalue weighted by atomic mass is 9.12. The lowest BCUT2D eigenvalue weighted by Gasteiger charge is -2.44. The molecule has 0 radical (unpaired) electrons. The minimum absolute atomic E-state index is 0.356. The highest BCUT2D eigenvalue weighted by atomic mass is 19.2. The maximum atomic E-state index is 15.4. The van der Waals surface area contributed by atoms with E-state index in [2.05, 4.69) is 33.8 Å². The average molecular weight is 948 g/mol. The molecule has 0 N–H and O–H groups in total. The number of rotatable bonds is 8. The van der Waals surface area contributed by atoms with E-state index in [1.165, 1.54) is 37.7 Å². The molecule has 3 nitrogen and oxygen atoms in total. The smallest absolute Gasteiger partial charge is 0.387 e. The molecule has 5 aromatic carbocycles. The zero-order valence-electron chi connectivity index (χ0n) is 31.9. The van der Waals surface area contributed by atoms with E-state index in [0.29, 0.717) is 6.10 Å². The first-order valence-corrected chi connectivity index (χ1v) is 18.4. The van der Waals surface area contributed by atoms with E-state index < -0.39 is 144 Å². The molecule has 7 rings (SSSR count). The molecule has 0 spiro atoms. The molecule has 1 aliphatic carbocycles. The summed E-state index contributed by atoms with van der Waals surface area (Å²) in [6.45, 7) is 0.825. The maximum Gasteiger partial charge on any atom is 0.387 e. The summed E-state index contributed by atoms with van der Waals surface area (Å²) in [5.74, 6) is -70.5. The van der Waals surface area contributed by atoms with Crippen molar-refractivity contribution >= 4 is 28.0 Å². The number of hydrogen-bond donors (Lipinski definition) is 0. The first-order valence-electron chi connectivity index (χ1n) is 18.4. The molecule has 344 valence electrons. The van der Waals surface area contributed by atoms with Crippen molar-refractivity contribution in [2.45, 2.75) is 44.8 Å². The number of nitrogens with zero attached hydrogens (tertiary/aromatic N) is 2. The van der Waals surface area contributed by atoms with E-state index in [0.717, 1.165) is 12.4 Å². The van der Waals surface area contributed by atoms with Crippen LogP contribution in [-0.4, -0.2) is 17.2 Å². The van der Waals surface area contributed by atoms with Crippen LogP contribution in [0, 0.1) is 116 Å². The summed E-state index contributed by atoms with van der Waals surface area (Å²) in [6, 6.07) is 10.5. The Morgan fingerprint density at radius 1 is 0.431 bits per heavy atom. The van der Waals surface area contributed by atoms with Gasteiger partial charge in [0.2, 0.25) is 0 Å². The molecule has 1 heterocycles. The lowest BCUT2D eigenvalue weighted by molar-refractivity contribution is -0.694. The second-order valence-electron chi connectivity index (χ2n) is 14.2. The molecule has 1 aromatic heterocycles. The molecular formula is C41H21BF20N2O. The van der Waals surface area contributed by atoms with Crippen molar-refractivity contribution < 1.29 is 97.1 Å². The van der Waals surface area contributed by atoms with Crippen LogP contribution in [0.15, 0.2) is 48.9 Å². The Hall–Kier alpha value is -6.36. The quantitative estimate of drug-likeness (QED) is 0.0501. The fourth-order valence-corrected chi connectivity index (χ4v) is 7.61. The van der Waals surface area contributed by atoms with Gasteiger partial charge in [0.05, 0.1) is 6.20 Å². The summed E-state index contributed by atoms with van der Waals surface area (Å²) in [6.07, 6.45) is 5.02. The molecular weight excluding hydrogens is 927 g/mol. The molecule has 24 heteroatoms. The van der Waals surface area contributed by atoms with E-state index in [4.69, 9.17) is 4.74 Å². The van der Waals surface area contributed by atoms with Gasteiger partial charge < -0.3 is 4.74 Å². The van der Waals surface area contributed by atoms with Crippen LogP contribution < -0.4 is 31.2 Å². The van der Waals surface area contributed by atoms with Gasteiger partial charge in [-0.1, -0.05) is 36.8 Å². The summed E-state index contributed by atoms with van der Waals surface area (Å²) in [4.78, 5) is 4.21. The number of aromatic nitrogens is 2. The zero-order chi connectivity index (χ0) is 48.0. The summed E-state index contributed by atoms with van der Waals surface area (Å²) in [5.41, 5.74) is -13.1. The predicted molar refractivity (Wildman–Crippen MR) is 187 cm³/mol. The van der Waals surface area contributed by atoms with Crippen molar-refractivity contribution in [1.29, 1.82) is 0 Å². The minimum Gasteiger partial charge on any atom is -0.440 e. The molecule has 1 aliphatic rings. The van der Waals surface area contributed by atoms with Gasteiger partial charge in [-0.15, -0.1) is 21.9 Å². The standard InChI is InChI=1S/C24BF20.C17H21N2O/c26-5-1(6(27)14(35)21(42)13(5)34)25(2-7(28)15(36)22(43)16(37)8(2)29,3-9(30)17(38)23(44)18(39)10(3)31)4-11(32)19(40)24(45)20(41)12(4)33;1-3-7-15(8-4-1)14-19-12-11-18-13-17(19)20-16-9-5-2-6-10-16/h;1,3-4,7-8,11-13,16H,2,5-6,9-10,14H2/q-1;+1. The van der Waals surface area contributed by atoms with Crippen molar-refractivity contribution in [3.63, 3.8) is 0 Å². The highest BCUT2D eigenvalue weighted by Gasteiger charge is 2.52. The van der Waals surface area contributed by atoms with E-state index in [1.54, 1.807) is 0 Å². The Labute approximate surface area is 351 Å². The van der Waals surface area contributed by atoms with Gasteiger partial charge >= 0.3 is 5.88 Å². The second kappa shape index (κ2) is 18.6. The van der Waals surface area contributed by atoms with E-state index >= 15 is 35.1 Å². The third-order valence-electron chi connectivity index (χ3n) is 10.5. The first kappa shape index (κ1) is 48.1. The van der Waals surface area contributed by atoms with Crippen molar-refractivity contribution in [3.05, 3.63) is 171 Å². The third-order valence-corrected chi connectivity index (χ3v) is 10.5. The third kappa shape index (κ3) is 8.08. The highest BCUT2D eigenvalue weighted by molar-refractivity contribution is 7.20. The van der Waals surface area contributed by atoms with Crippen LogP contribution >= 0.6 is 0 Å². The molecule has 0 atom stereocenters. The first-order chi connectivity index (χ1) is 30.6. The monoisotopic (exact) mass is 948 g/mol. The van der Waals surface area contributed by atoms with Gasteiger partial charge in [0.1, 0.15) is 65.0 Å². The number of ether oxygens (including phenoxy) is 1. The van der Waals surface area contributed by atoms with Crippen molar-refractivity contribution in [2.24, 2.45) is 0 Å². The minimum atomic E-state index is -7.22. The zero-order valence-corrected chi connectivity index (χ0v) is 31.9. The largest absolute Gasteiger partial charge is 0.440 e. The van der Waals surface area contributed by atoms with Crippen LogP contribution in [-0.2, 0) is 6.54 Å². The normalized spacial score (nSPS) is 13.2. The summed E-state index contributed by atoms with van der Waals surface area (Å²) in [5, 5.41) is 0. The summed E-state index contributed by atoms with van der Waals surface area (Å²) < 4.78 is 302. The Bertz CT molecular complexity index is 2440. The second-order valence-corrected chi connectivity index (χ2v) is 14.2. The van der Waals surface area contributed by atoms with Gasteiger partial charge in [0.15, 0.2) is 82.5 Å². The van der Waals surface area contributed by atoms with Crippen LogP contribution in [0.5, 0.6) is 5.88 Å². The Morgan fingerprint density at radius 2 is 0.738 bits per heavy atom. The SMILES string of the molecule is Fc1c(F)c(F)c([B-](c2c(F)c(F)c(F)c(F)c2F)(c2c(F)c(F)c(F)c(F)c2F)c2c(F)c(F)c(F)c(F)c2F)c(F)c1F.c1ccc(C[n+]2ccncc2OC2CCCCC2)cc1. The van der Waals surface area contributed by atoms with Crippen LogP contribution in [0.2, 0.25) is 0 Å². The van der Waals surface area contributed by atoms with Crippen LogP contribution in [0.3, 0.4) is 0 Å². The fraction of sp³-hybridized carbons (Fsp3) is 0.171. The average Bonchev–Trinajstić information content (AvgIpc) is 3.30. The maximum absolute atomic E-state index is 15.4. The van der Waals surface area contributed by atoms with Gasteiger partial charge in [-0.2, -0.15) is 4.57 Å². The summed E-state index contributed by atoms with van der Waals surface area (Å²) >= 11 is 0. The Balaban J connectivity index is 0.000000289. The number of benzene rings is 5. The molecule has 1 fully saturated rings. The van der Waals surface area contributed by atoms with Crippen LogP contribution in [0.1, 0.15) is 37.7 Å². The van der Waals surface area contributed by atoms with E-state index in [1.807, 2.05) is 24.7 Å². The van der Waals surface area contributed by atoms with Crippen LogP contribution in [0.25, 0.3) is 0 Å². The highest BCUT2D eigenvalue weighted by Crippen LogP contribution is 2.31. The molecule has 0 unspecified atom stereocenters. The Kier molecular flexibility index (Phi) is 13.8. The van der Waals surface area contributed by atoms with Crippen LogP contribution in [0.4, 0.5) is 87.8 Å². The number of halogens is 20. The molecule has 0 saturated heterocycles. The van der Waals surface area contributed by atoms with Gasteiger partial charge in [-0.25, -0.2) is 92.8 Å². The van der Waals surface area contributed by atoms with Gasteiger partial charge in [-0.05, 0) is 25.7 Å². The van der Waals surface area contributed by atoms with E-state index in [9.17, 15) is 52.7 Å². The summed E-state index contributed by atoms with van der Waals surface area (Å²) in [7, 11) is 0. The van der Waals surface area contributed by atoms with Gasteiger partial charge in [-0.3, -0.25) is 0 Å². The van der Waals surface area contributed by atoms with Crippen molar-refractivity contribution in [2.75, 3.05) is 0 Å². The molecule has 65 heavy (non-hydrogen) atoms. The fourth-order valence-electron chi connectivity index (χ4n) is 7.61. The molecule has 0 aliphatic heterocycles. The van der Waals surface area contributed by atoms with Gasteiger partial charge in [0, 0.05) is 5.56 Å². The van der Waals surface area contributed by atoms with E-state index in [-0.39, 0.29) is 0 Å². The molecule has 1 saturated carbocycles. The lowest BCUT2D eigenvalue weighted by Crippen LogP contribution is -2.81.